The van der Waals surface area contributed by atoms with Gasteiger partial charge in [-0.05, 0) is 54.7 Å². The maximum absolute atomic E-state index is 5.96. The normalized spacial score (nSPS) is 26.3. The Kier molecular flexibility index (Phi) is 4.65. The van der Waals surface area contributed by atoms with E-state index in [1.807, 2.05) is 6.07 Å². The molecule has 96 valence electrons. The van der Waals surface area contributed by atoms with Gasteiger partial charge in [0.2, 0.25) is 0 Å². The highest BCUT2D eigenvalue weighted by Crippen LogP contribution is 2.34. The molecule has 3 unspecified atom stereocenters. The molecule has 1 aromatic rings. The molecular weight excluding hydrogens is 282 g/mol. The molecule has 3 atom stereocenters. The minimum Gasteiger partial charge on any atom is -0.466 e. The van der Waals surface area contributed by atoms with Gasteiger partial charge in [0.1, 0.15) is 5.76 Å². The van der Waals surface area contributed by atoms with E-state index in [0.717, 1.165) is 36.0 Å². The molecule has 0 aromatic carbocycles. The Balaban J connectivity index is 2.10. The lowest BCUT2D eigenvalue weighted by Gasteiger charge is -2.23. The van der Waals surface area contributed by atoms with Crippen LogP contribution in [0.5, 0.6) is 0 Å². The van der Waals surface area contributed by atoms with Crippen LogP contribution >= 0.6 is 15.9 Å². The van der Waals surface area contributed by atoms with Crippen LogP contribution in [0.4, 0.5) is 0 Å². The van der Waals surface area contributed by atoms with Crippen LogP contribution in [0.2, 0.25) is 0 Å². The molecule has 0 radical (unpaired) electrons. The summed E-state index contributed by atoms with van der Waals surface area (Å²) in [6.45, 7) is 5.28. The van der Waals surface area contributed by atoms with Crippen molar-refractivity contribution in [2.24, 2.45) is 0 Å². The molecule has 3 nitrogen and oxygen atoms in total. The van der Waals surface area contributed by atoms with Gasteiger partial charge in [0.15, 0.2) is 0 Å². The van der Waals surface area contributed by atoms with Crippen LogP contribution in [0.1, 0.15) is 44.9 Å². The molecule has 0 saturated carbocycles. The molecule has 1 fully saturated rings. The van der Waals surface area contributed by atoms with E-state index in [9.17, 15) is 0 Å². The molecule has 0 aliphatic carbocycles. The van der Waals surface area contributed by atoms with Crippen molar-refractivity contribution in [3.63, 3.8) is 0 Å². The summed E-state index contributed by atoms with van der Waals surface area (Å²) < 4.78 is 12.6. The zero-order valence-corrected chi connectivity index (χ0v) is 12.0. The molecule has 1 aliphatic rings. The first-order valence-corrected chi connectivity index (χ1v) is 7.13. The highest BCUT2D eigenvalue weighted by molar-refractivity contribution is 9.10. The number of furan rings is 1. The largest absolute Gasteiger partial charge is 0.466 e. The highest BCUT2D eigenvalue weighted by atomic mass is 79.9. The number of rotatable bonds is 5. The molecule has 2 heterocycles. The van der Waals surface area contributed by atoms with Gasteiger partial charge in [-0.25, -0.2) is 0 Å². The van der Waals surface area contributed by atoms with Gasteiger partial charge in [0, 0.05) is 0 Å². The Bertz CT molecular complexity index is 353. The van der Waals surface area contributed by atoms with E-state index in [2.05, 4.69) is 35.1 Å². The van der Waals surface area contributed by atoms with Crippen LogP contribution in [-0.4, -0.2) is 18.8 Å². The van der Waals surface area contributed by atoms with Crippen molar-refractivity contribution in [2.75, 3.05) is 6.54 Å². The predicted molar refractivity (Wildman–Crippen MR) is 71.0 cm³/mol. The molecule has 17 heavy (non-hydrogen) atoms. The van der Waals surface area contributed by atoms with Crippen molar-refractivity contribution < 1.29 is 9.15 Å². The van der Waals surface area contributed by atoms with Gasteiger partial charge >= 0.3 is 0 Å². The van der Waals surface area contributed by atoms with Crippen LogP contribution < -0.4 is 5.32 Å². The van der Waals surface area contributed by atoms with Crippen LogP contribution in [0.3, 0.4) is 0 Å². The summed E-state index contributed by atoms with van der Waals surface area (Å²) in [6, 6.07) is 2.10. The zero-order chi connectivity index (χ0) is 12.3. The topological polar surface area (TPSA) is 34.4 Å². The molecule has 2 rings (SSSR count). The lowest BCUT2D eigenvalue weighted by Crippen LogP contribution is -2.32. The lowest BCUT2D eigenvalue weighted by molar-refractivity contribution is 0.0265. The van der Waals surface area contributed by atoms with Gasteiger partial charge in [0.25, 0.3) is 0 Å². The monoisotopic (exact) mass is 301 g/mol. The first-order valence-electron chi connectivity index (χ1n) is 6.34. The Morgan fingerprint density at radius 3 is 2.88 bits per heavy atom. The van der Waals surface area contributed by atoms with Crippen LogP contribution in [0.15, 0.2) is 21.2 Å². The van der Waals surface area contributed by atoms with Crippen molar-refractivity contribution in [3.05, 3.63) is 22.6 Å². The maximum Gasteiger partial charge on any atom is 0.137 e. The Morgan fingerprint density at radius 1 is 1.53 bits per heavy atom. The van der Waals surface area contributed by atoms with Gasteiger partial charge in [0.05, 0.1) is 29.0 Å². The smallest absolute Gasteiger partial charge is 0.137 e. The van der Waals surface area contributed by atoms with E-state index in [0.29, 0.717) is 6.10 Å². The van der Waals surface area contributed by atoms with Gasteiger partial charge in [-0.2, -0.15) is 0 Å². The third-order valence-electron chi connectivity index (χ3n) is 3.18. The van der Waals surface area contributed by atoms with Crippen molar-refractivity contribution in [1.29, 1.82) is 0 Å². The maximum atomic E-state index is 5.96. The highest BCUT2D eigenvalue weighted by Gasteiger charge is 2.33. The molecule has 1 saturated heterocycles. The molecule has 1 aliphatic heterocycles. The van der Waals surface area contributed by atoms with E-state index in [1.54, 1.807) is 6.26 Å². The Morgan fingerprint density at radius 2 is 2.35 bits per heavy atom. The van der Waals surface area contributed by atoms with Crippen molar-refractivity contribution in [2.45, 2.75) is 51.4 Å². The summed E-state index contributed by atoms with van der Waals surface area (Å²) >= 11 is 3.53. The fourth-order valence-electron chi connectivity index (χ4n) is 2.30. The first-order chi connectivity index (χ1) is 8.22. The molecular formula is C13H20BrNO2. The van der Waals surface area contributed by atoms with Crippen molar-refractivity contribution >= 4 is 15.9 Å². The number of halogens is 1. The summed E-state index contributed by atoms with van der Waals surface area (Å²) in [5.74, 6) is 0.956. The molecule has 0 spiro atoms. The van der Waals surface area contributed by atoms with Gasteiger partial charge in [-0.15, -0.1) is 0 Å². The summed E-state index contributed by atoms with van der Waals surface area (Å²) in [5.41, 5.74) is 0. The second-order valence-corrected chi connectivity index (χ2v) is 5.48. The molecule has 0 amide bonds. The van der Waals surface area contributed by atoms with Crippen LogP contribution in [-0.2, 0) is 4.74 Å². The standard InChI is InChI=1S/C13H20BrNO2/c1-3-7-15-12(11-5-4-9(2)17-11)13-10(14)6-8-16-13/h6,8-9,11-12,15H,3-5,7H2,1-2H3. The number of hydrogen-bond donors (Lipinski definition) is 1. The molecule has 4 heteroatoms. The fraction of sp³-hybridized carbons (Fsp3) is 0.692. The number of hydrogen-bond acceptors (Lipinski definition) is 3. The zero-order valence-electron chi connectivity index (χ0n) is 10.4. The number of ether oxygens (including phenoxy) is 1. The minimum atomic E-state index is 0.157. The summed E-state index contributed by atoms with van der Waals surface area (Å²) in [4.78, 5) is 0. The van der Waals surface area contributed by atoms with Crippen molar-refractivity contribution in [3.8, 4) is 0 Å². The van der Waals surface area contributed by atoms with Crippen LogP contribution in [0.25, 0.3) is 0 Å². The Hall–Kier alpha value is -0.320. The summed E-state index contributed by atoms with van der Waals surface area (Å²) in [7, 11) is 0. The van der Waals surface area contributed by atoms with Gasteiger partial charge in [-0.1, -0.05) is 6.92 Å². The predicted octanol–water partition coefficient (Wildman–Crippen LogP) is 3.65. The molecule has 1 N–H and O–H groups in total. The van der Waals surface area contributed by atoms with Crippen LogP contribution in [0, 0.1) is 0 Å². The van der Waals surface area contributed by atoms with Gasteiger partial charge in [-0.3, -0.25) is 0 Å². The third kappa shape index (κ3) is 3.12. The lowest BCUT2D eigenvalue weighted by atomic mass is 10.0. The van der Waals surface area contributed by atoms with E-state index in [4.69, 9.17) is 9.15 Å². The molecule has 1 aromatic heterocycles. The van der Waals surface area contributed by atoms with E-state index in [1.165, 1.54) is 0 Å². The number of nitrogens with one attached hydrogen (secondary N) is 1. The third-order valence-corrected chi connectivity index (χ3v) is 3.83. The fourth-order valence-corrected chi connectivity index (χ4v) is 2.75. The SMILES string of the molecule is CCCNC(c1occc1Br)C1CCC(C)O1. The average Bonchev–Trinajstić information content (AvgIpc) is 2.90. The average molecular weight is 302 g/mol. The quantitative estimate of drug-likeness (QED) is 0.901. The first kappa shape index (κ1) is 13.1. The van der Waals surface area contributed by atoms with Gasteiger partial charge < -0.3 is 14.5 Å². The summed E-state index contributed by atoms with van der Waals surface area (Å²) in [5, 5.41) is 3.53. The Labute approximate surface area is 111 Å². The second-order valence-electron chi connectivity index (χ2n) is 4.63. The van der Waals surface area contributed by atoms with E-state index >= 15 is 0 Å². The molecule has 0 bridgehead atoms. The van der Waals surface area contributed by atoms with Crippen molar-refractivity contribution in [1.82, 2.24) is 5.32 Å². The summed E-state index contributed by atoms with van der Waals surface area (Å²) in [6.07, 6.45) is 5.64. The minimum absolute atomic E-state index is 0.157. The van der Waals surface area contributed by atoms with E-state index < -0.39 is 0 Å². The second kappa shape index (κ2) is 6.03. The van der Waals surface area contributed by atoms with E-state index in [-0.39, 0.29) is 12.1 Å².